The first-order chi connectivity index (χ1) is 10.5. The molecule has 0 spiro atoms. The van der Waals surface area contributed by atoms with Crippen LogP contribution in [0.3, 0.4) is 0 Å². The Labute approximate surface area is 142 Å². The molecule has 0 unspecified atom stereocenters. The van der Waals surface area contributed by atoms with E-state index in [1.54, 1.807) is 6.33 Å². The number of halogens is 1. The van der Waals surface area contributed by atoms with Gasteiger partial charge in [0.1, 0.15) is 6.54 Å². The number of hydrogen-bond acceptors (Lipinski definition) is 2. The summed E-state index contributed by atoms with van der Waals surface area (Å²) < 4.78 is 3.02. The molecule has 2 aromatic carbocycles. The monoisotopic (exact) mass is 405 g/mol. The number of anilines is 1. The van der Waals surface area contributed by atoms with Crippen LogP contribution in [0.4, 0.5) is 5.69 Å². The van der Waals surface area contributed by atoms with Crippen LogP contribution in [0.25, 0.3) is 11.0 Å². The molecule has 0 fully saturated rings. The Bertz CT molecular complexity index is 837. The Morgan fingerprint density at radius 2 is 1.86 bits per heavy atom. The molecule has 4 nitrogen and oxygen atoms in total. The van der Waals surface area contributed by atoms with E-state index in [0.717, 1.165) is 20.3 Å². The summed E-state index contributed by atoms with van der Waals surface area (Å²) >= 11 is 2.24. The number of nitrogens with zero attached hydrogens (tertiary/aromatic N) is 2. The molecule has 0 aliphatic heterocycles. The van der Waals surface area contributed by atoms with Crippen molar-refractivity contribution >= 4 is 45.2 Å². The topological polar surface area (TPSA) is 46.9 Å². The summed E-state index contributed by atoms with van der Waals surface area (Å²) in [5.74, 6) is -0.0567. The molecule has 0 aliphatic rings. The molecular weight excluding hydrogens is 389 g/mol. The van der Waals surface area contributed by atoms with Crippen molar-refractivity contribution in [3.8, 4) is 0 Å². The minimum atomic E-state index is -0.0567. The number of amides is 1. The highest BCUT2D eigenvalue weighted by Crippen LogP contribution is 2.18. The first-order valence-corrected chi connectivity index (χ1v) is 8.08. The molecule has 3 rings (SSSR count). The lowest BCUT2D eigenvalue weighted by Crippen LogP contribution is -2.18. The number of carbonyl (C=O) groups is 1. The van der Waals surface area contributed by atoms with Crippen LogP contribution in [-0.2, 0) is 11.3 Å². The van der Waals surface area contributed by atoms with Crippen molar-refractivity contribution in [3.63, 3.8) is 0 Å². The third-order valence-corrected chi connectivity index (χ3v) is 4.40. The Morgan fingerprint density at radius 1 is 1.18 bits per heavy atom. The molecular formula is C17H16IN3O. The lowest BCUT2D eigenvalue weighted by atomic mass is 10.1. The Morgan fingerprint density at radius 3 is 2.59 bits per heavy atom. The fourth-order valence-corrected chi connectivity index (χ4v) is 2.69. The third kappa shape index (κ3) is 3.14. The van der Waals surface area contributed by atoms with Gasteiger partial charge >= 0.3 is 0 Å². The molecule has 0 radical (unpaired) electrons. The number of rotatable bonds is 3. The van der Waals surface area contributed by atoms with Crippen LogP contribution in [0, 0.1) is 17.4 Å². The highest BCUT2D eigenvalue weighted by atomic mass is 127. The van der Waals surface area contributed by atoms with E-state index in [2.05, 4.69) is 58.9 Å². The Hall–Kier alpha value is -1.89. The summed E-state index contributed by atoms with van der Waals surface area (Å²) in [4.78, 5) is 16.6. The van der Waals surface area contributed by atoms with Gasteiger partial charge < -0.3 is 9.88 Å². The maximum atomic E-state index is 12.2. The number of hydrogen-bond donors (Lipinski definition) is 1. The normalized spacial score (nSPS) is 10.9. The Balaban J connectivity index is 1.79. The average Bonchev–Trinajstić information content (AvgIpc) is 2.84. The standard InChI is InChI=1S/C17H16IN3O/c1-11-7-15-16(8-12(11)2)21(10-19-15)9-17(22)20-14-5-3-13(18)4-6-14/h3-8,10H,9H2,1-2H3,(H,20,22). The number of aryl methyl sites for hydroxylation is 2. The van der Waals surface area contributed by atoms with Crippen LogP contribution < -0.4 is 5.32 Å². The fraction of sp³-hybridized carbons (Fsp3) is 0.176. The summed E-state index contributed by atoms with van der Waals surface area (Å²) in [5.41, 5.74) is 5.13. The van der Waals surface area contributed by atoms with Crippen LogP contribution in [-0.4, -0.2) is 15.5 Å². The van der Waals surface area contributed by atoms with Gasteiger partial charge in [-0.25, -0.2) is 4.98 Å². The van der Waals surface area contributed by atoms with Gasteiger partial charge in [0.15, 0.2) is 0 Å². The molecule has 0 saturated heterocycles. The molecule has 0 bridgehead atoms. The van der Waals surface area contributed by atoms with Gasteiger partial charge in [0.05, 0.1) is 17.4 Å². The summed E-state index contributed by atoms with van der Waals surface area (Å²) in [6.07, 6.45) is 1.72. The summed E-state index contributed by atoms with van der Waals surface area (Å²) in [6, 6.07) is 11.9. The molecule has 1 aromatic heterocycles. The zero-order valence-electron chi connectivity index (χ0n) is 12.4. The van der Waals surface area contributed by atoms with E-state index in [9.17, 15) is 4.79 Å². The van der Waals surface area contributed by atoms with Crippen molar-refractivity contribution < 1.29 is 4.79 Å². The first kappa shape index (κ1) is 15.0. The largest absolute Gasteiger partial charge is 0.325 e. The Kier molecular flexibility index (Phi) is 4.15. The number of imidazole rings is 1. The van der Waals surface area contributed by atoms with Crippen molar-refractivity contribution in [3.05, 3.63) is 57.4 Å². The van der Waals surface area contributed by atoms with E-state index in [-0.39, 0.29) is 12.5 Å². The summed E-state index contributed by atoms with van der Waals surface area (Å²) in [6.45, 7) is 4.39. The van der Waals surface area contributed by atoms with E-state index >= 15 is 0 Å². The molecule has 5 heteroatoms. The number of benzene rings is 2. The van der Waals surface area contributed by atoms with Gasteiger partial charge in [-0.1, -0.05) is 0 Å². The van der Waals surface area contributed by atoms with Gasteiger partial charge in [-0.05, 0) is 84.0 Å². The molecule has 0 saturated carbocycles. The molecule has 22 heavy (non-hydrogen) atoms. The van der Waals surface area contributed by atoms with E-state index in [1.165, 1.54) is 11.1 Å². The smallest absolute Gasteiger partial charge is 0.244 e. The second kappa shape index (κ2) is 6.08. The highest BCUT2D eigenvalue weighted by Gasteiger charge is 2.09. The summed E-state index contributed by atoms with van der Waals surface area (Å²) in [7, 11) is 0. The number of aromatic nitrogens is 2. The average molecular weight is 405 g/mol. The third-order valence-electron chi connectivity index (χ3n) is 3.68. The second-order valence-corrected chi connectivity index (χ2v) is 6.60. The minimum Gasteiger partial charge on any atom is -0.325 e. The molecule has 0 aliphatic carbocycles. The second-order valence-electron chi connectivity index (χ2n) is 5.35. The maximum Gasteiger partial charge on any atom is 0.244 e. The molecule has 1 amide bonds. The minimum absolute atomic E-state index is 0.0567. The zero-order valence-corrected chi connectivity index (χ0v) is 14.6. The van der Waals surface area contributed by atoms with Crippen LogP contribution in [0.5, 0.6) is 0 Å². The maximum absolute atomic E-state index is 12.2. The van der Waals surface area contributed by atoms with Crippen LogP contribution in [0.1, 0.15) is 11.1 Å². The van der Waals surface area contributed by atoms with Gasteiger partial charge in [0, 0.05) is 9.26 Å². The lowest BCUT2D eigenvalue weighted by molar-refractivity contribution is -0.116. The van der Waals surface area contributed by atoms with E-state index < -0.39 is 0 Å². The van der Waals surface area contributed by atoms with E-state index in [4.69, 9.17) is 0 Å². The van der Waals surface area contributed by atoms with E-state index in [0.29, 0.717) is 0 Å². The molecule has 3 aromatic rings. The quantitative estimate of drug-likeness (QED) is 0.672. The predicted molar refractivity (Wildman–Crippen MR) is 97.0 cm³/mol. The lowest BCUT2D eigenvalue weighted by Gasteiger charge is -2.08. The van der Waals surface area contributed by atoms with Crippen molar-refractivity contribution in [1.29, 1.82) is 0 Å². The number of nitrogens with one attached hydrogen (secondary N) is 1. The van der Waals surface area contributed by atoms with Crippen LogP contribution in [0.15, 0.2) is 42.7 Å². The summed E-state index contributed by atoms with van der Waals surface area (Å²) in [5, 5.41) is 2.91. The molecule has 0 atom stereocenters. The predicted octanol–water partition coefficient (Wildman–Crippen LogP) is 3.90. The first-order valence-electron chi connectivity index (χ1n) is 7.00. The van der Waals surface area contributed by atoms with E-state index in [1.807, 2.05) is 28.8 Å². The van der Waals surface area contributed by atoms with Gasteiger partial charge in [-0.15, -0.1) is 0 Å². The van der Waals surface area contributed by atoms with Crippen LogP contribution in [0.2, 0.25) is 0 Å². The zero-order chi connectivity index (χ0) is 15.7. The van der Waals surface area contributed by atoms with Crippen molar-refractivity contribution in [2.24, 2.45) is 0 Å². The van der Waals surface area contributed by atoms with Crippen molar-refractivity contribution in [2.75, 3.05) is 5.32 Å². The van der Waals surface area contributed by atoms with Gasteiger partial charge in [-0.2, -0.15) is 0 Å². The van der Waals surface area contributed by atoms with Gasteiger partial charge in [0.2, 0.25) is 5.91 Å². The molecule has 1 heterocycles. The van der Waals surface area contributed by atoms with Crippen LogP contribution >= 0.6 is 22.6 Å². The highest BCUT2D eigenvalue weighted by molar-refractivity contribution is 14.1. The number of carbonyl (C=O) groups excluding carboxylic acids is 1. The van der Waals surface area contributed by atoms with Gasteiger partial charge in [0.25, 0.3) is 0 Å². The fourth-order valence-electron chi connectivity index (χ4n) is 2.33. The van der Waals surface area contributed by atoms with Gasteiger partial charge in [-0.3, -0.25) is 4.79 Å². The number of fused-ring (bicyclic) bond motifs is 1. The molecule has 112 valence electrons. The SMILES string of the molecule is Cc1cc2ncn(CC(=O)Nc3ccc(I)cc3)c2cc1C. The van der Waals surface area contributed by atoms with Crippen molar-refractivity contribution in [2.45, 2.75) is 20.4 Å². The molecule has 1 N–H and O–H groups in total. The van der Waals surface area contributed by atoms with Crippen molar-refractivity contribution in [1.82, 2.24) is 9.55 Å².